The Hall–Kier alpha value is -2.31. The molecule has 0 radical (unpaired) electrons. The second-order valence-corrected chi connectivity index (χ2v) is 6.73. The molecular formula is C21H25FN2O3. The zero-order chi connectivity index (χ0) is 19.1. The maximum Gasteiger partial charge on any atom is 0.256 e. The van der Waals surface area contributed by atoms with Crippen LogP contribution in [0, 0.1) is 5.82 Å². The molecule has 1 aromatic heterocycles. The molecule has 0 bridgehead atoms. The predicted octanol–water partition coefficient (Wildman–Crippen LogP) is 3.73. The minimum atomic E-state index is -0.628. The second kappa shape index (κ2) is 9.58. The summed E-state index contributed by atoms with van der Waals surface area (Å²) in [5.41, 5.74) is 1.51. The van der Waals surface area contributed by atoms with E-state index in [2.05, 4.69) is 4.98 Å². The summed E-state index contributed by atoms with van der Waals surface area (Å²) in [6, 6.07) is 9.61. The predicted molar refractivity (Wildman–Crippen MR) is 101 cm³/mol. The first-order valence-electron chi connectivity index (χ1n) is 9.32. The number of halogens is 1. The number of aromatic nitrogens is 1. The molecule has 2 atom stereocenters. The molecule has 1 aliphatic rings. The summed E-state index contributed by atoms with van der Waals surface area (Å²) in [7, 11) is 0. The molecule has 5 nitrogen and oxygen atoms in total. The topological polar surface area (TPSA) is 51.7 Å². The molecule has 0 spiro atoms. The average molecular weight is 372 g/mol. The molecule has 1 saturated heterocycles. The van der Waals surface area contributed by atoms with Gasteiger partial charge in [0.15, 0.2) is 0 Å². The maximum absolute atomic E-state index is 13.3. The van der Waals surface area contributed by atoms with Gasteiger partial charge in [-0.1, -0.05) is 6.07 Å². The average Bonchev–Trinajstić information content (AvgIpc) is 2.72. The Bertz CT molecular complexity index is 718. The van der Waals surface area contributed by atoms with Crippen LogP contribution in [0.5, 0.6) is 0 Å². The van der Waals surface area contributed by atoms with E-state index >= 15 is 0 Å². The fraction of sp³-hybridized carbons (Fsp3) is 0.429. The number of rotatable bonds is 7. The standard InChI is InChI=1S/C21H25FN2O3/c1-16(27-15-20-6-2-3-12-26-20)21(25)24(14-17-5-4-11-23-13-17)19-9-7-18(22)8-10-19/h4-5,7-11,13,16,20H,2-3,6,12,14-15H2,1H3. The zero-order valence-electron chi connectivity index (χ0n) is 15.5. The van der Waals surface area contributed by atoms with E-state index in [9.17, 15) is 9.18 Å². The zero-order valence-corrected chi connectivity index (χ0v) is 15.5. The van der Waals surface area contributed by atoms with Crippen LogP contribution < -0.4 is 4.90 Å². The molecule has 1 amide bonds. The molecule has 2 unspecified atom stereocenters. The molecule has 1 aromatic carbocycles. The minimum Gasteiger partial charge on any atom is -0.376 e. The Labute approximate surface area is 159 Å². The summed E-state index contributed by atoms with van der Waals surface area (Å²) in [5, 5.41) is 0. The Balaban J connectivity index is 1.70. The number of carbonyl (C=O) groups excluding carboxylic acids is 1. The molecule has 2 heterocycles. The quantitative estimate of drug-likeness (QED) is 0.743. The van der Waals surface area contributed by atoms with E-state index in [-0.39, 0.29) is 17.8 Å². The van der Waals surface area contributed by atoms with Gasteiger partial charge in [0.05, 0.1) is 19.3 Å². The van der Waals surface area contributed by atoms with Gasteiger partial charge >= 0.3 is 0 Å². The summed E-state index contributed by atoms with van der Waals surface area (Å²) in [4.78, 5) is 18.8. The van der Waals surface area contributed by atoms with Crippen molar-refractivity contribution in [1.29, 1.82) is 0 Å². The number of anilines is 1. The smallest absolute Gasteiger partial charge is 0.256 e. The molecule has 2 aromatic rings. The highest BCUT2D eigenvalue weighted by Gasteiger charge is 2.25. The molecule has 144 valence electrons. The van der Waals surface area contributed by atoms with Crippen LogP contribution in [0.1, 0.15) is 31.7 Å². The lowest BCUT2D eigenvalue weighted by Crippen LogP contribution is -2.40. The second-order valence-electron chi connectivity index (χ2n) is 6.73. The summed E-state index contributed by atoms with van der Waals surface area (Å²) in [5.74, 6) is -0.521. The highest BCUT2D eigenvalue weighted by atomic mass is 19.1. The van der Waals surface area contributed by atoms with Crippen LogP contribution in [0.3, 0.4) is 0 Å². The lowest BCUT2D eigenvalue weighted by atomic mass is 10.1. The first kappa shape index (κ1) is 19.5. The van der Waals surface area contributed by atoms with Gasteiger partial charge in [0.1, 0.15) is 11.9 Å². The van der Waals surface area contributed by atoms with E-state index in [0.717, 1.165) is 31.4 Å². The van der Waals surface area contributed by atoms with E-state index in [4.69, 9.17) is 9.47 Å². The lowest BCUT2D eigenvalue weighted by Gasteiger charge is -2.28. The van der Waals surface area contributed by atoms with Gasteiger partial charge in [-0.2, -0.15) is 0 Å². The third kappa shape index (κ3) is 5.58. The van der Waals surface area contributed by atoms with Gasteiger partial charge in [-0.05, 0) is 62.1 Å². The Morgan fingerprint density at radius 3 is 2.81 bits per heavy atom. The van der Waals surface area contributed by atoms with E-state index in [1.807, 2.05) is 12.1 Å². The van der Waals surface area contributed by atoms with E-state index in [0.29, 0.717) is 18.8 Å². The van der Waals surface area contributed by atoms with Crippen LogP contribution >= 0.6 is 0 Å². The van der Waals surface area contributed by atoms with Crippen molar-refractivity contribution in [1.82, 2.24) is 4.98 Å². The molecule has 1 aliphatic heterocycles. The van der Waals surface area contributed by atoms with Crippen molar-refractivity contribution >= 4 is 11.6 Å². The number of hydrogen-bond donors (Lipinski definition) is 0. The molecule has 0 aliphatic carbocycles. The Morgan fingerprint density at radius 1 is 1.33 bits per heavy atom. The molecule has 6 heteroatoms. The molecule has 0 N–H and O–H groups in total. The summed E-state index contributed by atoms with van der Waals surface area (Å²) in [6.07, 6.45) is 5.98. The first-order chi connectivity index (χ1) is 13.1. The van der Waals surface area contributed by atoms with Gasteiger partial charge in [0.25, 0.3) is 5.91 Å². The van der Waals surface area contributed by atoms with Crippen molar-refractivity contribution in [3.8, 4) is 0 Å². The van der Waals surface area contributed by atoms with Gasteiger partial charge in [-0.3, -0.25) is 9.78 Å². The summed E-state index contributed by atoms with van der Waals surface area (Å²) in [6.45, 7) is 3.23. The van der Waals surface area contributed by atoms with Gasteiger partial charge in [-0.25, -0.2) is 4.39 Å². The molecule has 1 fully saturated rings. The number of amides is 1. The van der Waals surface area contributed by atoms with Crippen LogP contribution in [-0.4, -0.2) is 36.3 Å². The van der Waals surface area contributed by atoms with Crippen LogP contribution in [0.2, 0.25) is 0 Å². The summed E-state index contributed by atoms with van der Waals surface area (Å²) < 4.78 is 24.8. The fourth-order valence-corrected chi connectivity index (χ4v) is 3.07. The molecule has 0 saturated carbocycles. The van der Waals surface area contributed by atoms with Crippen LogP contribution in [0.25, 0.3) is 0 Å². The van der Waals surface area contributed by atoms with Crippen molar-refractivity contribution in [3.63, 3.8) is 0 Å². The number of ether oxygens (including phenoxy) is 2. The Morgan fingerprint density at radius 2 is 2.15 bits per heavy atom. The van der Waals surface area contributed by atoms with Crippen molar-refractivity contribution in [2.75, 3.05) is 18.1 Å². The number of benzene rings is 1. The number of hydrogen-bond acceptors (Lipinski definition) is 4. The van der Waals surface area contributed by atoms with Gasteiger partial charge in [0, 0.05) is 24.7 Å². The maximum atomic E-state index is 13.3. The number of pyridine rings is 1. The summed E-state index contributed by atoms with van der Waals surface area (Å²) >= 11 is 0. The van der Waals surface area contributed by atoms with Crippen molar-refractivity contribution in [2.24, 2.45) is 0 Å². The highest BCUT2D eigenvalue weighted by Crippen LogP contribution is 2.20. The normalized spacial score (nSPS) is 18.1. The molecule has 27 heavy (non-hydrogen) atoms. The monoisotopic (exact) mass is 372 g/mol. The van der Waals surface area contributed by atoms with Crippen molar-refractivity contribution < 1.29 is 18.7 Å². The SMILES string of the molecule is CC(OCC1CCCCO1)C(=O)N(Cc1cccnc1)c1ccc(F)cc1. The van der Waals surface area contributed by atoms with Crippen LogP contribution in [0.4, 0.5) is 10.1 Å². The van der Waals surface area contributed by atoms with Gasteiger partial charge in [0.2, 0.25) is 0 Å². The van der Waals surface area contributed by atoms with Crippen LogP contribution in [-0.2, 0) is 20.8 Å². The lowest BCUT2D eigenvalue weighted by molar-refractivity contribution is -0.133. The number of nitrogens with zero attached hydrogens (tertiary/aromatic N) is 2. The van der Waals surface area contributed by atoms with E-state index in [1.54, 1.807) is 36.4 Å². The first-order valence-corrected chi connectivity index (χ1v) is 9.32. The highest BCUT2D eigenvalue weighted by molar-refractivity contribution is 5.96. The van der Waals surface area contributed by atoms with Crippen LogP contribution in [0.15, 0.2) is 48.8 Å². The van der Waals surface area contributed by atoms with Crippen molar-refractivity contribution in [2.45, 2.75) is 44.9 Å². The van der Waals surface area contributed by atoms with Gasteiger partial charge in [-0.15, -0.1) is 0 Å². The third-order valence-corrected chi connectivity index (χ3v) is 4.62. The van der Waals surface area contributed by atoms with E-state index in [1.165, 1.54) is 12.1 Å². The van der Waals surface area contributed by atoms with Gasteiger partial charge < -0.3 is 14.4 Å². The molecule has 3 rings (SSSR count). The third-order valence-electron chi connectivity index (χ3n) is 4.62. The minimum absolute atomic E-state index is 0.0478. The fourth-order valence-electron chi connectivity index (χ4n) is 3.07. The number of carbonyl (C=O) groups is 1. The largest absolute Gasteiger partial charge is 0.376 e. The molecular weight excluding hydrogens is 347 g/mol. The Kier molecular flexibility index (Phi) is 6.90. The van der Waals surface area contributed by atoms with Crippen molar-refractivity contribution in [3.05, 3.63) is 60.2 Å². The van der Waals surface area contributed by atoms with E-state index < -0.39 is 6.10 Å².